The standard InChI is InChI=1S/C17H17N3O3/c1-11-13(8-9-23-11)17(22)20-19-16(21)7-6-12-10-18-15-5-3-2-4-14(12)15/h2-5,8-10,18H,6-7H2,1H3,(H,19,21)(H,20,22). The van der Waals surface area contributed by atoms with Crippen LogP contribution in [0, 0.1) is 6.92 Å². The Morgan fingerprint density at radius 1 is 1.17 bits per heavy atom. The molecule has 0 aliphatic carbocycles. The summed E-state index contributed by atoms with van der Waals surface area (Å²) in [7, 11) is 0. The summed E-state index contributed by atoms with van der Waals surface area (Å²) in [5.41, 5.74) is 7.33. The molecule has 6 heteroatoms. The van der Waals surface area contributed by atoms with E-state index < -0.39 is 5.91 Å². The monoisotopic (exact) mass is 311 g/mol. The lowest BCUT2D eigenvalue weighted by Gasteiger charge is -2.06. The Kier molecular flexibility index (Phi) is 4.14. The molecule has 23 heavy (non-hydrogen) atoms. The Morgan fingerprint density at radius 3 is 2.78 bits per heavy atom. The molecule has 118 valence electrons. The molecule has 3 aromatic rings. The van der Waals surface area contributed by atoms with Crippen LogP contribution >= 0.6 is 0 Å². The molecule has 0 saturated carbocycles. The number of amides is 2. The van der Waals surface area contributed by atoms with E-state index in [-0.39, 0.29) is 12.3 Å². The number of carbonyl (C=O) groups excluding carboxylic acids is 2. The fourth-order valence-electron chi connectivity index (χ4n) is 2.46. The van der Waals surface area contributed by atoms with Crippen LogP contribution in [0.25, 0.3) is 10.9 Å². The van der Waals surface area contributed by atoms with Crippen LogP contribution in [0.1, 0.15) is 28.1 Å². The SMILES string of the molecule is Cc1occc1C(=O)NNC(=O)CCc1c[nH]c2ccccc12. The lowest BCUT2D eigenvalue weighted by atomic mass is 10.1. The average Bonchev–Trinajstić information content (AvgIpc) is 3.17. The highest BCUT2D eigenvalue weighted by Crippen LogP contribution is 2.18. The van der Waals surface area contributed by atoms with Crippen molar-refractivity contribution in [2.24, 2.45) is 0 Å². The number of aryl methyl sites for hydroxylation is 2. The first-order chi connectivity index (χ1) is 11.1. The summed E-state index contributed by atoms with van der Waals surface area (Å²) < 4.78 is 5.05. The van der Waals surface area contributed by atoms with Gasteiger partial charge in [-0.05, 0) is 31.0 Å². The van der Waals surface area contributed by atoms with Crippen LogP contribution in [0.15, 0.2) is 47.2 Å². The van der Waals surface area contributed by atoms with Gasteiger partial charge in [0.1, 0.15) is 5.76 Å². The zero-order valence-corrected chi connectivity index (χ0v) is 12.7. The molecule has 0 fully saturated rings. The third kappa shape index (κ3) is 3.26. The molecule has 0 bridgehead atoms. The third-order valence-corrected chi connectivity index (χ3v) is 3.72. The molecule has 2 heterocycles. The number of hydrazine groups is 1. The second kappa shape index (κ2) is 6.39. The summed E-state index contributed by atoms with van der Waals surface area (Å²) in [4.78, 5) is 26.9. The molecule has 1 aromatic carbocycles. The van der Waals surface area contributed by atoms with Crippen molar-refractivity contribution >= 4 is 22.7 Å². The van der Waals surface area contributed by atoms with Crippen LogP contribution in [0.4, 0.5) is 0 Å². The quantitative estimate of drug-likeness (QED) is 0.647. The predicted molar refractivity (Wildman–Crippen MR) is 85.7 cm³/mol. The van der Waals surface area contributed by atoms with Gasteiger partial charge in [-0.1, -0.05) is 18.2 Å². The minimum absolute atomic E-state index is 0.246. The van der Waals surface area contributed by atoms with Crippen molar-refractivity contribution in [2.75, 3.05) is 0 Å². The molecule has 0 radical (unpaired) electrons. The fourth-order valence-corrected chi connectivity index (χ4v) is 2.46. The van der Waals surface area contributed by atoms with Crippen molar-refractivity contribution in [3.8, 4) is 0 Å². The molecular formula is C17H17N3O3. The first-order valence-corrected chi connectivity index (χ1v) is 7.33. The van der Waals surface area contributed by atoms with Crippen molar-refractivity contribution < 1.29 is 14.0 Å². The number of fused-ring (bicyclic) bond motifs is 1. The maximum Gasteiger partial charge on any atom is 0.273 e. The van der Waals surface area contributed by atoms with E-state index in [2.05, 4.69) is 15.8 Å². The topological polar surface area (TPSA) is 87.1 Å². The van der Waals surface area contributed by atoms with Crippen molar-refractivity contribution in [1.82, 2.24) is 15.8 Å². The number of aromatic nitrogens is 1. The number of furan rings is 1. The van der Waals surface area contributed by atoms with Gasteiger partial charge in [0.15, 0.2) is 0 Å². The average molecular weight is 311 g/mol. The molecule has 0 aliphatic rings. The summed E-state index contributed by atoms with van der Waals surface area (Å²) in [5.74, 6) is -0.128. The molecule has 0 unspecified atom stereocenters. The Balaban J connectivity index is 1.52. The van der Waals surface area contributed by atoms with Gasteiger partial charge in [-0.3, -0.25) is 20.4 Å². The van der Waals surface area contributed by atoms with E-state index in [9.17, 15) is 9.59 Å². The van der Waals surface area contributed by atoms with Gasteiger partial charge in [-0.2, -0.15) is 0 Å². The molecule has 0 spiro atoms. The summed E-state index contributed by atoms with van der Waals surface area (Å²) in [6.07, 6.45) is 4.22. The van der Waals surface area contributed by atoms with Gasteiger partial charge >= 0.3 is 0 Å². The first kappa shape index (κ1) is 14.9. The van der Waals surface area contributed by atoms with Crippen LogP contribution in [0.3, 0.4) is 0 Å². The smallest absolute Gasteiger partial charge is 0.273 e. The van der Waals surface area contributed by atoms with Crippen LogP contribution in [0.2, 0.25) is 0 Å². The molecule has 3 rings (SSSR count). The minimum atomic E-state index is -0.392. The van der Waals surface area contributed by atoms with Crippen LogP contribution < -0.4 is 10.9 Å². The number of H-pyrrole nitrogens is 1. The Labute approximate surface area is 132 Å². The number of rotatable bonds is 4. The number of nitrogens with one attached hydrogen (secondary N) is 3. The maximum atomic E-state index is 11.9. The Morgan fingerprint density at radius 2 is 2.00 bits per heavy atom. The van der Waals surface area contributed by atoms with E-state index in [1.54, 1.807) is 13.0 Å². The Hall–Kier alpha value is -3.02. The number of benzene rings is 1. The van der Waals surface area contributed by atoms with Crippen LogP contribution in [-0.2, 0) is 11.2 Å². The van der Waals surface area contributed by atoms with Gasteiger partial charge in [0.2, 0.25) is 5.91 Å². The lowest BCUT2D eigenvalue weighted by molar-refractivity contribution is -0.121. The highest BCUT2D eigenvalue weighted by molar-refractivity contribution is 5.96. The summed E-state index contributed by atoms with van der Waals surface area (Å²) in [6.45, 7) is 1.69. The van der Waals surface area contributed by atoms with E-state index in [0.29, 0.717) is 17.7 Å². The van der Waals surface area contributed by atoms with E-state index in [1.165, 1.54) is 6.26 Å². The summed E-state index contributed by atoms with van der Waals surface area (Å²) in [6, 6.07) is 9.49. The number of hydrogen-bond acceptors (Lipinski definition) is 3. The fraction of sp³-hybridized carbons (Fsp3) is 0.176. The third-order valence-electron chi connectivity index (χ3n) is 3.72. The summed E-state index contributed by atoms with van der Waals surface area (Å²) >= 11 is 0. The van der Waals surface area contributed by atoms with Crippen molar-refractivity contribution in [2.45, 2.75) is 19.8 Å². The van der Waals surface area contributed by atoms with Gasteiger partial charge in [-0.15, -0.1) is 0 Å². The molecule has 3 N–H and O–H groups in total. The number of aromatic amines is 1. The highest BCUT2D eigenvalue weighted by Gasteiger charge is 2.12. The zero-order chi connectivity index (χ0) is 16.2. The van der Waals surface area contributed by atoms with Gasteiger partial charge < -0.3 is 9.40 Å². The minimum Gasteiger partial charge on any atom is -0.469 e. The molecule has 0 atom stereocenters. The Bertz CT molecular complexity index is 848. The second-order valence-electron chi connectivity index (χ2n) is 5.25. The second-order valence-corrected chi connectivity index (χ2v) is 5.25. The maximum absolute atomic E-state index is 11.9. The molecule has 6 nitrogen and oxygen atoms in total. The molecule has 0 saturated heterocycles. The van der Waals surface area contributed by atoms with Crippen molar-refractivity contribution in [3.63, 3.8) is 0 Å². The van der Waals surface area contributed by atoms with Crippen LogP contribution in [-0.4, -0.2) is 16.8 Å². The van der Waals surface area contributed by atoms with E-state index >= 15 is 0 Å². The van der Waals surface area contributed by atoms with E-state index in [1.807, 2.05) is 30.5 Å². The van der Waals surface area contributed by atoms with Crippen LogP contribution in [0.5, 0.6) is 0 Å². The number of carbonyl (C=O) groups is 2. The van der Waals surface area contributed by atoms with Gasteiger partial charge in [0.05, 0.1) is 11.8 Å². The van der Waals surface area contributed by atoms with Gasteiger partial charge in [-0.25, -0.2) is 0 Å². The largest absolute Gasteiger partial charge is 0.469 e. The molecule has 0 aliphatic heterocycles. The van der Waals surface area contributed by atoms with Gasteiger partial charge in [0.25, 0.3) is 5.91 Å². The van der Waals surface area contributed by atoms with Gasteiger partial charge in [0, 0.05) is 23.5 Å². The van der Waals surface area contributed by atoms with E-state index in [0.717, 1.165) is 16.5 Å². The highest BCUT2D eigenvalue weighted by atomic mass is 16.3. The summed E-state index contributed by atoms with van der Waals surface area (Å²) in [5, 5.41) is 1.11. The molecular weight excluding hydrogens is 294 g/mol. The predicted octanol–water partition coefficient (Wildman–Crippen LogP) is 2.46. The first-order valence-electron chi connectivity index (χ1n) is 7.33. The zero-order valence-electron chi connectivity index (χ0n) is 12.7. The van der Waals surface area contributed by atoms with E-state index in [4.69, 9.17) is 4.42 Å². The number of hydrogen-bond donors (Lipinski definition) is 3. The molecule has 2 aromatic heterocycles. The lowest BCUT2D eigenvalue weighted by Crippen LogP contribution is -2.41. The number of para-hydroxylation sites is 1. The van der Waals surface area contributed by atoms with Crippen molar-refractivity contribution in [1.29, 1.82) is 0 Å². The normalized spacial score (nSPS) is 10.7. The molecule has 2 amide bonds. The van der Waals surface area contributed by atoms with Crippen molar-refractivity contribution in [3.05, 3.63) is 59.7 Å².